The largest absolute Gasteiger partial charge is 0.147 e. The maximum Gasteiger partial charge on any atom is 0.147 e. The van der Waals surface area contributed by atoms with E-state index in [1.807, 2.05) is 24.3 Å². The zero-order chi connectivity index (χ0) is 16.9. The molecule has 4 rings (SSSR count). The van der Waals surface area contributed by atoms with Gasteiger partial charge in [-0.25, -0.2) is 0 Å². The Labute approximate surface area is 164 Å². The fourth-order valence-electron chi connectivity index (χ4n) is 3.33. The van der Waals surface area contributed by atoms with Gasteiger partial charge in [-0.15, -0.1) is 0 Å². The molecule has 2 aliphatic rings. The van der Waals surface area contributed by atoms with Crippen molar-refractivity contribution in [3.63, 3.8) is 0 Å². The van der Waals surface area contributed by atoms with Crippen LogP contribution in [0.1, 0.15) is 0 Å². The molecule has 0 saturated heterocycles. The summed E-state index contributed by atoms with van der Waals surface area (Å²) in [6.45, 7) is 0. The second-order valence-corrected chi connectivity index (χ2v) is 14.0. The minimum Gasteiger partial charge on any atom is -0.0828 e. The lowest BCUT2D eigenvalue weighted by molar-refractivity contribution is 1.64. The third kappa shape index (κ3) is 2.25. The molecule has 2 aromatic carbocycles. The summed E-state index contributed by atoms with van der Waals surface area (Å²) in [4.78, 5) is 0. The molecule has 0 amide bonds. The zero-order valence-corrected chi connectivity index (χ0v) is 17.3. The Bertz CT molecular complexity index is 881. The predicted molar refractivity (Wildman–Crippen MR) is 108 cm³/mol. The Hall–Kier alpha value is -0.746. The second-order valence-electron chi connectivity index (χ2n) is 5.61. The van der Waals surface area contributed by atoms with Crippen molar-refractivity contribution in [2.75, 3.05) is 0 Å². The summed E-state index contributed by atoms with van der Waals surface area (Å²) >= 11 is 26.3. The Morgan fingerprint density at radius 2 is 1.04 bits per heavy atom. The quantitative estimate of drug-likeness (QED) is 0.630. The number of allylic oxidation sites excluding steroid dienone is 6. The van der Waals surface area contributed by atoms with Crippen LogP contribution >= 0.6 is 46.4 Å². The van der Waals surface area contributed by atoms with E-state index in [1.165, 1.54) is 10.4 Å². The van der Waals surface area contributed by atoms with Gasteiger partial charge in [0.25, 0.3) is 0 Å². The summed E-state index contributed by atoms with van der Waals surface area (Å²) in [7, 11) is -1.90. The Balaban J connectivity index is 1.99. The van der Waals surface area contributed by atoms with Crippen LogP contribution in [0, 0.1) is 0 Å². The van der Waals surface area contributed by atoms with Crippen molar-refractivity contribution in [1.82, 2.24) is 0 Å². The van der Waals surface area contributed by atoms with Gasteiger partial charge in [-0.05, 0) is 10.4 Å². The average molecular weight is 424 g/mol. The van der Waals surface area contributed by atoms with Gasteiger partial charge in [0, 0.05) is 0 Å². The number of hydrogen-bond donors (Lipinski definition) is 0. The van der Waals surface area contributed by atoms with Gasteiger partial charge >= 0.3 is 0 Å². The molecule has 0 spiro atoms. The molecule has 118 valence electrons. The first-order valence-corrected chi connectivity index (χ1v) is 12.8. The molecule has 0 atom stereocenters. The van der Waals surface area contributed by atoms with Crippen LogP contribution in [-0.4, -0.2) is 16.6 Å². The van der Waals surface area contributed by atoms with Gasteiger partial charge in [0.15, 0.2) is 0 Å². The maximum absolute atomic E-state index is 6.57. The molecule has 0 N–H and O–H groups in total. The van der Waals surface area contributed by atoms with E-state index in [0.717, 1.165) is 10.4 Å². The summed E-state index contributed by atoms with van der Waals surface area (Å²) in [6, 6.07) is 20.8. The van der Waals surface area contributed by atoms with Crippen LogP contribution in [0.2, 0.25) is 0 Å². The fourth-order valence-corrected chi connectivity index (χ4v) is 16.7. The molecule has 2 bridgehead atoms. The number of benzene rings is 2. The van der Waals surface area contributed by atoms with Gasteiger partial charge < -0.3 is 0 Å². The van der Waals surface area contributed by atoms with E-state index in [2.05, 4.69) is 36.4 Å². The molecule has 2 radical (unpaired) electrons. The molecular weight excluding hydrogens is 414 g/mol. The van der Waals surface area contributed by atoms with Crippen LogP contribution in [-0.2, 0) is 0 Å². The monoisotopic (exact) mass is 422 g/mol. The highest BCUT2D eigenvalue weighted by molar-refractivity contribution is 7.43. The maximum atomic E-state index is 6.57. The Morgan fingerprint density at radius 3 is 1.54 bits per heavy atom. The topological polar surface area (TPSA) is 0 Å². The minimum atomic E-state index is -2.41. The molecule has 2 heterocycles. The second kappa shape index (κ2) is 6.20. The predicted octanol–water partition coefficient (Wildman–Crippen LogP) is 4.65. The van der Waals surface area contributed by atoms with Crippen LogP contribution in [0.5, 0.6) is 0 Å². The highest BCUT2D eigenvalue weighted by Gasteiger charge is 2.57. The van der Waals surface area contributed by atoms with Crippen molar-refractivity contribution in [3.05, 3.63) is 91.2 Å². The first-order valence-electron chi connectivity index (χ1n) is 7.33. The van der Waals surface area contributed by atoms with Crippen molar-refractivity contribution in [1.29, 1.82) is 0 Å². The smallest absolute Gasteiger partial charge is 0.0828 e. The SMILES string of the molecule is ClC1=C(Cl)C2=C(Cl)C(Cl)=C1[Si]2([Si]c1ccccc1)c1ccccc1. The number of fused-ring (bicyclic) bond motifs is 2. The lowest BCUT2D eigenvalue weighted by Gasteiger charge is -2.28. The van der Waals surface area contributed by atoms with E-state index in [0.29, 0.717) is 29.2 Å². The zero-order valence-electron chi connectivity index (χ0n) is 12.3. The van der Waals surface area contributed by atoms with Crippen LogP contribution < -0.4 is 10.4 Å². The number of halogens is 4. The molecule has 0 aromatic heterocycles. The van der Waals surface area contributed by atoms with E-state index in [9.17, 15) is 0 Å². The minimum absolute atomic E-state index is 0.517. The average Bonchev–Trinajstić information content (AvgIpc) is 2.96. The summed E-state index contributed by atoms with van der Waals surface area (Å²) in [5.41, 5.74) is 0. The first kappa shape index (κ1) is 16.7. The van der Waals surface area contributed by atoms with Gasteiger partial charge in [0.05, 0.1) is 29.2 Å². The van der Waals surface area contributed by atoms with Crippen LogP contribution in [0.4, 0.5) is 0 Å². The number of hydrogen-bond acceptors (Lipinski definition) is 0. The van der Waals surface area contributed by atoms with Crippen molar-refractivity contribution >= 4 is 73.4 Å². The molecule has 0 nitrogen and oxygen atoms in total. The molecule has 0 unspecified atom stereocenters. The van der Waals surface area contributed by atoms with Gasteiger partial charge in [-0.2, -0.15) is 0 Å². The first-order chi connectivity index (χ1) is 11.6. The normalized spacial score (nSPS) is 18.8. The van der Waals surface area contributed by atoms with Crippen molar-refractivity contribution in [2.45, 2.75) is 0 Å². The molecule has 24 heavy (non-hydrogen) atoms. The lowest BCUT2D eigenvalue weighted by atomic mass is 10.3. The molecular formula is C18H10Cl4Si2. The van der Waals surface area contributed by atoms with Gasteiger partial charge in [0.1, 0.15) is 7.59 Å². The van der Waals surface area contributed by atoms with E-state index in [4.69, 9.17) is 46.4 Å². The molecule has 0 fully saturated rings. The third-order valence-electron chi connectivity index (χ3n) is 4.33. The van der Waals surface area contributed by atoms with E-state index >= 15 is 0 Å². The summed E-state index contributed by atoms with van der Waals surface area (Å²) in [5, 5.41) is 6.70. The van der Waals surface area contributed by atoms with Crippen LogP contribution in [0.3, 0.4) is 0 Å². The van der Waals surface area contributed by atoms with Crippen LogP contribution in [0.15, 0.2) is 91.2 Å². The highest BCUT2D eigenvalue weighted by atomic mass is 35.5. The standard InChI is InChI=1S/C18H10Cl4Si2/c19-13-14(20)18-16(22)15(21)17(13)24(18,12-9-5-2-6-10-12)23-11-7-3-1-4-8-11/h1-10H. The van der Waals surface area contributed by atoms with Gasteiger partial charge in [-0.3, -0.25) is 0 Å². The Kier molecular flexibility index (Phi) is 4.32. The summed E-state index contributed by atoms with van der Waals surface area (Å²) < 4.78 is 0. The summed E-state index contributed by atoms with van der Waals surface area (Å²) in [5.74, 6) is 0. The molecule has 2 aromatic rings. The Morgan fingerprint density at radius 1 is 0.583 bits per heavy atom. The lowest BCUT2D eigenvalue weighted by Crippen LogP contribution is -2.58. The fraction of sp³-hybridized carbons (Fsp3) is 0. The summed E-state index contributed by atoms with van der Waals surface area (Å²) in [6.07, 6.45) is 0. The number of rotatable bonds is 3. The van der Waals surface area contributed by atoms with Gasteiger partial charge in [0.2, 0.25) is 0 Å². The van der Waals surface area contributed by atoms with Crippen LogP contribution in [0.25, 0.3) is 0 Å². The van der Waals surface area contributed by atoms with Crippen molar-refractivity contribution in [3.8, 4) is 0 Å². The molecule has 0 saturated carbocycles. The molecule has 2 aliphatic heterocycles. The van der Waals surface area contributed by atoms with Crippen molar-refractivity contribution in [2.24, 2.45) is 0 Å². The molecule has 0 aliphatic carbocycles. The van der Waals surface area contributed by atoms with E-state index < -0.39 is 7.59 Å². The third-order valence-corrected chi connectivity index (χ3v) is 15.7. The molecule has 6 heteroatoms. The van der Waals surface area contributed by atoms with E-state index in [-0.39, 0.29) is 0 Å². The highest BCUT2D eigenvalue weighted by Crippen LogP contribution is 2.56. The van der Waals surface area contributed by atoms with Crippen molar-refractivity contribution < 1.29 is 0 Å². The van der Waals surface area contributed by atoms with E-state index in [1.54, 1.807) is 0 Å². The van der Waals surface area contributed by atoms with Gasteiger partial charge in [-0.1, -0.05) is 117 Å².